The van der Waals surface area contributed by atoms with Gasteiger partial charge in [0.1, 0.15) is 17.3 Å². The van der Waals surface area contributed by atoms with E-state index in [0.29, 0.717) is 32.6 Å². The molecule has 1 aromatic rings. The Labute approximate surface area is 140 Å². The molecular weight excluding hydrogens is 316 g/mol. The Bertz CT molecular complexity index is 571. The van der Waals surface area contributed by atoms with E-state index in [0.717, 1.165) is 12.8 Å². The van der Waals surface area contributed by atoms with Gasteiger partial charge in [-0.1, -0.05) is 6.07 Å². The Balaban J connectivity index is 1.54. The normalized spacial score (nSPS) is 22.0. The van der Waals surface area contributed by atoms with Crippen LogP contribution in [-0.4, -0.2) is 54.9 Å². The molecule has 5 nitrogen and oxygen atoms in total. The summed E-state index contributed by atoms with van der Waals surface area (Å²) in [7, 11) is 0. The molecule has 2 aliphatic heterocycles. The van der Waals surface area contributed by atoms with Crippen LogP contribution in [0.25, 0.3) is 0 Å². The van der Waals surface area contributed by atoms with Crippen LogP contribution in [0.4, 0.5) is 19.3 Å². The lowest BCUT2D eigenvalue weighted by Gasteiger charge is -2.32. The van der Waals surface area contributed by atoms with Crippen LogP contribution < -0.4 is 10.2 Å². The minimum Gasteiger partial charge on any atom is -0.396 e. The number of nitrogens with zero attached hydrogens (tertiary/aromatic N) is 2. The zero-order chi connectivity index (χ0) is 17.1. The highest BCUT2D eigenvalue weighted by molar-refractivity contribution is 5.74. The van der Waals surface area contributed by atoms with Crippen molar-refractivity contribution in [1.82, 2.24) is 10.2 Å². The molecule has 1 unspecified atom stereocenters. The number of halogens is 2. The predicted molar refractivity (Wildman–Crippen MR) is 86.9 cm³/mol. The number of likely N-dealkylation sites (tertiary alicyclic amines) is 1. The van der Waals surface area contributed by atoms with Crippen molar-refractivity contribution in [3.05, 3.63) is 29.8 Å². The van der Waals surface area contributed by atoms with Crippen molar-refractivity contribution >= 4 is 11.7 Å². The van der Waals surface area contributed by atoms with Gasteiger partial charge >= 0.3 is 6.03 Å². The van der Waals surface area contributed by atoms with Crippen molar-refractivity contribution in [3.63, 3.8) is 0 Å². The second kappa shape index (κ2) is 7.34. The van der Waals surface area contributed by atoms with E-state index in [-0.39, 0.29) is 30.3 Å². The predicted octanol–water partition coefficient (Wildman–Crippen LogP) is 1.96. The van der Waals surface area contributed by atoms with E-state index in [9.17, 15) is 13.6 Å². The Kier molecular flexibility index (Phi) is 5.18. The fraction of sp³-hybridized carbons (Fsp3) is 0.588. The first kappa shape index (κ1) is 17.0. The van der Waals surface area contributed by atoms with E-state index in [2.05, 4.69) is 5.32 Å². The van der Waals surface area contributed by atoms with Gasteiger partial charge in [-0.3, -0.25) is 0 Å². The molecule has 2 N–H and O–H groups in total. The van der Waals surface area contributed by atoms with Gasteiger partial charge in [-0.2, -0.15) is 0 Å². The number of carbonyl (C=O) groups excluding carboxylic acids is 1. The molecule has 1 aromatic carbocycles. The smallest absolute Gasteiger partial charge is 0.317 e. The lowest BCUT2D eigenvalue weighted by Crippen LogP contribution is -2.48. The number of hydrogen-bond donors (Lipinski definition) is 2. The summed E-state index contributed by atoms with van der Waals surface area (Å²) < 4.78 is 27.7. The summed E-state index contributed by atoms with van der Waals surface area (Å²) >= 11 is 0. The number of para-hydroxylation sites is 1. The number of piperidine rings is 1. The summed E-state index contributed by atoms with van der Waals surface area (Å²) in [6.07, 6.45) is 2.27. The third-order valence-corrected chi connectivity index (χ3v) is 4.93. The monoisotopic (exact) mass is 339 g/mol. The number of anilines is 1. The van der Waals surface area contributed by atoms with E-state index < -0.39 is 11.6 Å². The minimum absolute atomic E-state index is 0.0157. The van der Waals surface area contributed by atoms with Gasteiger partial charge < -0.3 is 20.2 Å². The van der Waals surface area contributed by atoms with Crippen LogP contribution >= 0.6 is 0 Å². The number of amides is 2. The van der Waals surface area contributed by atoms with Crippen molar-refractivity contribution in [1.29, 1.82) is 0 Å². The first-order valence-corrected chi connectivity index (χ1v) is 8.43. The number of nitrogens with one attached hydrogen (secondary N) is 1. The largest absolute Gasteiger partial charge is 0.396 e. The molecule has 0 bridgehead atoms. The van der Waals surface area contributed by atoms with Crippen LogP contribution in [0, 0.1) is 17.6 Å². The first-order valence-electron chi connectivity index (χ1n) is 8.43. The highest BCUT2D eigenvalue weighted by Gasteiger charge is 2.29. The molecule has 3 rings (SSSR count). The van der Waals surface area contributed by atoms with Crippen LogP contribution in [0.5, 0.6) is 0 Å². The number of aliphatic hydroxyl groups is 1. The molecule has 132 valence electrons. The van der Waals surface area contributed by atoms with Crippen molar-refractivity contribution < 1.29 is 18.7 Å². The number of rotatable bonds is 3. The van der Waals surface area contributed by atoms with Crippen LogP contribution in [0.3, 0.4) is 0 Å². The van der Waals surface area contributed by atoms with Gasteiger partial charge in [0.05, 0.1) is 0 Å². The fourth-order valence-electron chi connectivity index (χ4n) is 3.46. The van der Waals surface area contributed by atoms with E-state index in [1.54, 1.807) is 9.80 Å². The number of carbonyl (C=O) groups is 1. The molecule has 0 aliphatic carbocycles. The van der Waals surface area contributed by atoms with Gasteiger partial charge in [0.2, 0.25) is 0 Å². The molecule has 2 saturated heterocycles. The highest BCUT2D eigenvalue weighted by Crippen LogP contribution is 2.27. The SMILES string of the molecule is O=C(NC1CCN(c2c(F)cccc2F)C1)N1CCC(CO)CC1. The van der Waals surface area contributed by atoms with E-state index in [1.165, 1.54) is 18.2 Å². The summed E-state index contributed by atoms with van der Waals surface area (Å²) in [5.41, 5.74) is -0.0157. The maximum Gasteiger partial charge on any atom is 0.317 e. The van der Waals surface area contributed by atoms with Gasteiger partial charge in [0, 0.05) is 38.8 Å². The summed E-state index contributed by atoms with van der Waals surface area (Å²) in [5.74, 6) is -0.874. The summed E-state index contributed by atoms with van der Waals surface area (Å²) in [5, 5.41) is 12.1. The summed E-state index contributed by atoms with van der Waals surface area (Å²) in [4.78, 5) is 15.7. The van der Waals surface area contributed by atoms with Crippen LogP contribution in [0.1, 0.15) is 19.3 Å². The first-order chi connectivity index (χ1) is 11.6. The quantitative estimate of drug-likeness (QED) is 0.885. The van der Waals surface area contributed by atoms with Gasteiger partial charge in [-0.15, -0.1) is 0 Å². The maximum absolute atomic E-state index is 13.9. The number of urea groups is 1. The second-order valence-corrected chi connectivity index (χ2v) is 6.56. The molecule has 2 fully saturated rings. The fourth-order valence-corrected chi connectivity index (χ4v) is 3.46. The molecule has 2 heterocycles. The van der Waals surface area contributed by atoms with Crippen molar-refractivity contribution in [2.24, 2.45) is 5.92 Å². The lowest BCUT2D eigenvalue weighted by atomic mass is 9.98. The third-order valence-electron chi connectivity index (χ3n) is 4.93. The van der Waals surface area contributed by atoms with Crippen molar-refractivity contribution in [3.8, 4) is 0 Å². The molecule has 24 heavy (non-hydrogen) atoms. The standard InChI is InChI=1S/C17H23F2N3O2/c18-14-2-1-3-15(19)16(14)22-9-6-13(10-22)20-17(24)21-7-4-12(11-23)5-8-21/h1-3,12-13,23H,4-11H2,(H,20,24). The molecule has 2 amide bonds. The van der Waals surface area contributed by atoms with Crippen LogP contribution in [-0.2, 0) is 0 Å². The molecule has 0 spiro atoms. The maximum atomic E-state index is 13.9. The Morgan fingerprint density at radius 2 is 1.83 bits per heavy atom. The van der Waals surface area contributed by atoms with Crippen LogP contribution in [0.2, 0.25) is 0 Å². The van der Waals surface area contributed by atoms with Gasteiger partial charge in [0.25, 0.3) is 0 Å². The topological polar surface area (TPSA) is 55.8 Å². The zero-order valence-electron chi connectivity index (χ0n) is 13.5. The molecule has 0 radical (unpaired) electrons. The third kappa shape index (κ3) is 3.61. The number of aliphatic hydroxyl groups excluding tert-OH is 1. The molecule has 1 atom stereocenters. The zero-order valence-corrected chi connectivity index (χ0v) is 13.5. The molecular formula is C17H23F2N3O2. The second-order valence-electron chi connectivity index (χ2n) is 6.56. The Hall–Kier alpha value is -1.89. The van der Waals surface area contributed by atoms with Crippen molar-refractivity contribution in [2.45, 2.75) is 25.3 Å². The minimum atomic E-state index is -0.576. The van der Waals surface area contributed by atoms with Gasteiger partial charge in [-0.05, 0) is 37.3 Å². The van der Waals surface area contributed by atoms with E-state index in [4.69, 9.17) is 5.11 Å². The Morgan fingerprint density at radius 3 is 2.46 bits per heavy atom. The van der Waals surface area contributed by atoms with Gasteiger partial charge in [-0.25, -0.2) is 13.6 Å². The lowest BCUT2D eigenvalue weighted by molar-refractivity contribution is 0.136. The Morgan fingerprint density at radius 1 is 1.17 bits per heavy atom. The molecule has 0 saturated carbocycles. The van der Waals surface area contributed by atoms with E-state index >= 15 is 0 Å². The molecule has 2 aliphatic rings. The number of hydrogen-bond acceptors (Lipinski definition) is 3. The van der Waals surface area contributed by atoms with Crippen LogP contribution in [0.15, 0.2) is 18.2 Å². The average molecular weight is 339 g/mol. The average Bonchev–Trinajstić information content (AvgIpc) is 3.03. The summed E-state index contributed by atoms with van der Waals surface area (Å²) in [6, 6.07) is 3.59. The van der Waals surface area contributed by atoms with Gasteiger partial charge in [0.15, 0.2) is 0 Å². The molecule has 7 heteroatoms. The molecule has 0 aromatic heterocycles. The highest BCUT2D eigenvalue weighted by atomic mass is 19.1. The number of benzene rings is 1. The van der Waals surface area contributed by atoms with E-state index in [1.807, 2.05) is 0 Å². The summed E-state index contributed by atoms with van der Waals surface area (Å²) in [6.45, 7) is 2.35. The van der Waals surface area contributed by atoms with Crippen molar-refractivity contribution in [2.75, 3.05) is 37.7 Å².